The van der Waals surface area contributed by atoms with Crippen LogP contribution in [0.3, 0.4) is 0 Å². The van der Waals surface area contributed by atoms with Crippen molar-refractivity contribution in [2.45, 2.75) is 25.4 Å². The SMILES string of the molecule is C=CCOc1ccc(CN(C/C=C/c2ccccc2)C2CC2)cc1. The van der Waals surface area contributed by atoms with Crippen molar-refractivity contribution >= 4 is 6.08 Å². The van der Waals surface area contributed by atoms with Crippen molar-refractivity contribution in [3.05, 3.63) is 84.5 Å². The van der Waals surface area contributed by atoms with Gasteiger partial charge in [0.1, 0.15) is 12.4 Å². The molecule has 124 valence electrons. The Morgan fingerprint density at radius 3 is 2.46 bits per heavy atom. The van der Waals surface area contributed by atoms with Crippen molar-refractivity contribution in [2.24, 2.45) is 0 Å². The van der Waals surface area contributed by atoms with Crippen LogP contribution < -0.4 is 4.74 Å². The summed E-state index contributed by atoms with van der Waals surface area (Å²) in [5, 5.41) is 0. The van der Waals surface area contributed by atoms with E-state index in [1.807, 2.05) is 12.1 Å². The van der Waals surface area contributed by atoms with Gasteiger partial charge in [-0.15, -0.1) is 0 Å². The lowest BCUT2D eigenvalue weighted by Crippen LogP contribution is -2.25. The van der Waals surface area contributed by atoms with Gasteiger partial charge in [-0.1, -0.05) is 67.3 Å². The second-order valence-corrected chi connectivity index (χ2v) is 6.22. The minimum atomic E-state index is 0.553. The van der Waals surface area contributed by atoms with E-state index in [1.54, 1.807) is 6.08 Å². The Morgan fingerprint density at radius 1 is 1.04 bits per heavy atom. The van der Waals surface area contributed by atoms with E-state index < -0.39 is 0 Å². The van der Waals surface area contributed by atoms with Crippen molar-refractivity contribution in [3.63, 3.8) is 0 Å². The lowest BCUT2D eigenvalue weighted by molar-refractivity contribution is 0.284. The van der Waals surface area contributed by atoms with Crippen LogP contribution in [0.25, 0.3) is 6.08 Å². The molecule has 3 rings (SSSR count). The van der Waals surface area contributed by atoms with Gasteiger partial charge in [-0.3, -0.25) is 4.90 Å². The second-order valence-electron chi connectivity index (χ2n) is 6.22. The first-order valence-electron chi connectivity index (χ1n) is 8.63. The van der Waals surface area contributed by atoms with Crippen LogP contribution in [0, 0.1) is 0 Å². The third-order valence-corrected chi connectivity index (χ3v) is 4.19. The molecule has 0 amide bonds. The van der Waals surface area contributed by atoms with Gasteiger partial charge in [0.25, 0.3) is 0 Å². The molecule has 2 aromatic carbocycles. The smallest absolute Gasteiger partial charge is 0.119 e. The number of nitrogens with zero attached hydrogens (tertiary/aromatic N) is 1. The quantitative estimate of drug-likeness (QED) is 0.608. The van der Waals surface area contributed by atoms with Crippen molar-refractivity contribution in [2.75, 3.05) is 13.2 Å². The van der Waals surface area contributed by atoms with E-state index in [9.17, 15) is 0 Å². The third kappa shape index (κ3) is 5.10. The van der Waals surface area contributed by atoms with Gasteiger partial charge in [-0.25, -0.2) is 0 Å². The van der Waals surface area contributed by atoms with Crippen molar-refractivity contribution in [1.82, 2.24) is 4.90 Å². The monoisotopic (exact) mass is 319 g/mol. The molecule has 0 bridgehead atoms. The summed E-state index contributed by atoms with van der Waals surface area (Å²) in [7, 11) is 0. The summed E-state index contributed by atoms with van der Waals surface area (Å²) in [4.78, 5) is 2.55. The fraction of sp³-hybridized carbons (Fsp3) is 0.273. The maximum atomic E-state index is 5.55. The highest BCUT2D eigenvalue weighted by Gasteiger charge is 2.27. The average molecular weight is 319 g/mol. The Hall–Kier alpha value is -2.32. The van der Waals surface area contributed by atoms with Crippen molar-refractivity contribution in [3.8, 4) is 5.75 Å². The fourth-order valence-electron chi connectivity index (χ4n) is 2.75. The molecular formula is C22H25NO. The number of rotatable bonds is 9. The normalized spacial score (nSPS) is 14.2. The molecule has 0 unspecified atom stereocenters. The third-order valence-electron chi connectivity index (χ3n) is 4.19. The lowest BCUT2D eigenvalue weighted by atomic mass is 10.2. The van der Waals surface area contributed by atoms with Gasteiger partial charge in [0.15, 0.2) is 0 Å². The van der Waals surface area contributed by atoms with Crippen LogP contribution in [0.5, 0.6) is 5.75 Å². The maximum absolute atomic E-state index is 5.55. The minimum absolute atomic E-state index is 0.553. The molecule has 1 aliphatic carbocycles. The van der Waals surface area contributed by atoms with E-state index in [4.69, 9.17) is 4.74 Å². The number of benzene rings is 2. The van der Waals surface area contributed by atoms with E-state index in [-0.39, 0.29) is 0 Å². The van der Waals surface area contributed by atoms with Crippen molar-refractivity contribution < 1.29 is 4.74 Å². The van der Waals surface area contributed by atoms with E-state index in [2.05, 4.69) is 66.1 Å². The van der Waals surface area contributed by atoms with Gasteiger partial charge in [0.05, 0.1) is 0 Å². The van der Waals surface area contributed by atoms with Crippen LogP contribution in [0.15, 0.2) is 73.3 Å². The Balaban J connectivity index is 1.56. The molecule has 0 radical (unpaired) electrons. The number of ether oxygens (including phenoxy) is 1. The van der Waals surface area contributed by atoms with Crippen LogP contribution in [-0.4, -0.2) is 24.1 Å². The molecule has 0 heterocycles. The van der Waals surface area contributed by atoms with Crippen LogP contribution in [-0.2, 0) is 6.54 Å². The topological polar surface area (TPSA) is 12.5 Å². The molecule has 1 aliphatic rings. The Kier molecular flexibility index (Phi) is 5.86. The fourth-order valence-corrected chi connectivity index (χ4v) is 2.75. The van der Waals surface area contributed by atoms with Gasteiger partial charge in [-0.05, 0) is 36.1 Å². The first-order valence-corrected chi connectivity index (χ1v) is 8.63. The van der Waals surface area contributed by atoms with Crippen LogP contribution in [0.4, 0.5) is 0 Å². The lowest BCUT2D eigenvalue weighted by Gasteiger charge is -2.20. The zero-order valence-corrected chi connectivity index (χ0v) is 14.1. The zero-order valence-electron chi connectivity index (χ0n) is 14.1. The van der Waals surface area contributed by atoms with Gasteiger partial charge < -0.3 is 4.74 Å². The highest BCUT2D eigenvalue weighted by atomic mass is 16.5. The second kappa shape index (κ2) is 8.51. The Bertz CT molecular complexity index is 656. The molecule has 24 heavy (non-hydrogen) atoms. The molecule has 0 atom stereocenters. The highest BCUT2D eigenvalue weighted by molar-refractivity contribution is 5.48. The molecule has 0 saturated heterocycles. The predicted octanol–water partition coefficient (Wildman–Crippen LogP) is 4.93. The van der Waals surface area contributed by atoms with Gasteiger partial charge in [0.2, 0.25) is 0 Å². The molecule has 0 spiro atoms. The molecule has 2 heteroatoms. The van der Waals surface area contributed by atoms with Gasteiger partial charge in [0, 0.05) is 19.1 Å². The van der Waals surface area contributed by atoms with Crippen LogP contribution >= 0.6 is 0 Å². The average Bonchev–Trinajstić information content (AvgIpc) is 3.46. The van der Waals surface area contributed by atoms with E-state index in [0.29, 0.717) is 6.61 Å². The summed E-state index contributed by atoms with van der Waals surface area (Å²) in [6.45, 7) is 6.21. The molecule has 0 N–H and O–H groups in total. The molecule has 1 fully saturated rings. The summed E-state index contributed by atoms with van der Waals surface area (Å²) in [5.74, 6) is 0.903. The highest BCUT2D eigenvalue weighted by Crippen LogP contribution is 2.28. The molecule has 1 saturated carbocycles. The molecular weight excluding hydrogens is 294 g/mol. The summed E-state index contributed by atoms with van der Waals surface area (Å²) >= 11 is 0. The van der Waals surface area contributed by atoms with E-state index in [0.717, 1.165) is 24.9 Å². The molecule has 2 nitrogen and oxygen atoms in total. The summed E-state index contributed by atoms with van der Waals surface area (Å²) in [6, 6.07) is 19.6. The Labute approximate surface area is 145 Å². The zero-order chi connectivity index (χ0) is 16.6. The molecule has 0 aromatic heterocycles. The maximum Gasteiger partial charge on any atom is 0.119 e. The minimum Gasteiger partial charge on any atom is -0.490 e. The standard InChI is InChI=1S/C22H25NO/c1-2-17-24-22-14-10-20(11-15-22)18-23(21-12-13-21)16-6-9-19-7-4-3-5-8-19/h2-11,14-15,21H,1,12-13,16-18H2/b9-6+. The number of hydrogen-bond donors (Lipinski definition) is 0. The molecule has 0 aliphatic heterocycles. The summed E-state index contributed by atoms with van der Waals surface area (Å²) in [6.07, 6.45) is 8.89. The first kappa shape index (κ1) is 16.5. The van der Waals surface area contributed by atoms with Crippen LogP contribution in [0.1, 0.15) is 24.0 Å². The van der Waals surface area contributed by atoms with Crippen molar-refractivity contribution in [1.29, 1.82) is 0 Å². The number of hydrogen-bond acceptors (Lipinski definition) is 2. The summed E-state index contributed by atoms with van der Waals surface area (Å²) in [5.41, 5.74) is 2.60. The first-order chi connectivity index (χ1) is 11.8. The van der Waals surface area contributed by atoms with E-state index >= 15 is 0 Å². The van der Waals surface area contributed by atoms with Crippen LogP contribution in [0.2, 0.25) is 0 Å². The van der Waals surface area contributed by atoms with E-state index in [1.165, 1.54) is 24.0 Å². The van der Waals surface area contributed by atoms with Gasteiger partial charge in [-0.2, -0.15) is 0 Å². The van der Waals surface area contributed by atoms with Gasteiger partial charge >= 0.3 is 0 Å². The molecule has 2 aromatic rings. The summed E-state index contributed by atoms with van der Waals surface area (Å²) < 4.78 is 5.55. The predicted molar refractivity (Wildman–Crippen MR) is 101 cm³/mol. The largest absolute Gasteiger partial charge is 0.490 e. The Morgan fingerprint density at radius 2 is 1.79 bits per heavy atom.